The molecule has 0 aliphatic heterocycles. The summed E-state index contributed by atoms with van der Waals surface area (Å²) >= 11 is 0. The van der Waals surface area contributed by atoms with Crippen molar-refractivity contribution < 1.29 is 27.8 Å². The van der Waals surface area contributed by atoms with E-state index >= 15 is 0 Å². The van der Waals surface area contributed by atoms with Crippen molar-refractivity contribution in [1.29, 1.82) is 0 Å². The molecule has 0 unspecified atom stereocenters. The van der Waals surface area contributed by atoms with Gasteiger partial charge in [0.1, 0.15) is 0 Å². The van der Waals surface area contributed by atoms with Crippen LogP contribution in [0.25, 0.3) is 0 Å². The van der Waals surface area contributed by atoms with Gasteiger partial charge in [0, 0.05) is 12.8 Å². The van der Waals surface area contributed by atoms with Crippen molar-refractivity contribution in [2.45, 2.75) is 31.4 Å². The van der Waals surface area contributed by atoms with Gasteiger partial charge in [0.25, 0.3) is 0 Å². The second-order valence-corrected chi connectivity index (χ2v) is 2.87. The highest BCUT2D eigenvalue weighted by atomic mass is 19.4. The van der Waals surface area contributed by atoms with Crippen LogP contribution in [0.5, 0.6) is 0 Å². The molecule has 1 rings (SSSR count). The third kappa shape index (κ3) is 3.93. The number of hydrogen-bond acceptors (Lipinski definition) is 3. The highest BCUT2D eigenvalue weighted by molar-refractivity contribution is 4.81. The minimum atomic E-state index is -4.55. The van der Waals surface area contributed by atoms with E-state index in [1.807, 2.05) is 0 Å². The Morgan fingerprint density at radius 2 is 1.85 bits per heavy atom. The predicted octanol–water partition coefficient (Wildman–Crippen LogP) is 1.06. The monoisotopic (exact) mass is 200 g/mol. The topological polar surface area (TPSA) is 38.7 Å². The second kappa shape index (κ2) is 4.26. The summed E-state index contributed by atoms with van der Waals surface area (Å²) in [6.07, 6.45) is -5.02. The van der Waals surface area contributed by atoms with Crippen LogP contribution in [-0.4, -0.2) is 36.9 Å². The Morgan fingerprint density at radius 1 is 1.23 bits per heavy atom. The molecule has 1 saturated carbocycles. The molecule has 0 bridgehead atoms. The van der Waals surface area contributed by atoms with Gasteiger partial charge in [-0.1, -0.05) is 0 Å². The Balaban J connectivity index is 2.05. The van der Waals surface area contributed by atoms with E-state index in [1.165, 1.54) is 0 Å². The Morgan fingerprint density at radius 3 is 2.31 bits per heavy atom. The van der Waals surface area contributed by atoms with Crippen LogP contribution in [-0.2, 0) is 9.47 Å². The fraction of sp³-hybridized carbons (Fsp3) is 1.00. The van der Waals surface area contributed by atoms with Crippen LogP contribution >= 0.6 is 0 Å². The first-order chi connectivity index (χ1) is 6.01. The number of ether oxygens (including phenoxy) is 2. The average molecular weight is 200 g/mol. The van der Waals surface area contributed by atoms with Crippen LogP contribution in [0.1, 0.15) is 12.8 Å². The Bertz CT molecular complexity index is 154. The third-order valence-corrected chi connectivity index (χ3v) is 1.80. The highest BCUT2D eigenvalue weighted by Gasteiger charge is 2.40. The van der Waals surface area contributed by atoms with Crippen molar-refractivity contribution in [2.75, 3.05) is 13.2 Å². The van der Waals surface area contributed by atoms with Gasteiger partial charge in [0.2, 0.25) is 0 Å². The van der Waals surface area contributed by atoms with E-state index in [-0.39, 0.29) is 32.2 Å². The summed E-state index contributed by atoms with van der Waals surface area (Å²) in [7, 11) is 0. The summed E-state index contributed by atoms with van der Waals surface area (Å²) in [5, 5.41) is 8.35. The Kier molecular flexibility index (Phi) is 3.52. The molecule has 78 valence electrons. The maximum absolute atomic E-state index is 11.6. The normalized spacial score (nSPS) is 28.6. The molecule has 6 heteroatoms. The largest absolute Gasteiger partial charge is 0.522 e. The molecule has 3 nitrogen and oxygen atoms in total. The molecule has 13 heavy (non-hydrogen) atoms. The van der Waals surface area contributed by atoms with Crippen LogP contribution in [0.3, 0.4) is 0 Å². The molecule has 0 spiro atoms. The molecule has 0 heterocycles. The SMILES string of the molecule is OCCO[C@H]1C[C@@H](OC(F)(F)F)C1. The summed E-state index contributed by atoms with van der Waals surface area (Å²) < 4.78 is 43.5. The van der Waals surface area contributed by atoms with E-state index in [4.69, 9.17) is 9.84 Å². The van der Waals surface area contributed by atoms with E-state index in [0.29, 0.717) is 0 Å². The number of aliphatic hydroxyl groups is 1. The molecular weight excluding hydrogens is 189 g/mol. The van der Waals surface area contributed by atoms with Crippen molar-refractivity contribution in [3.63, 3.8) is 0 Å². The molecule has 0 amide bonds. The molecule has 0 saturated heterocycles. The summed E-state index contributed by atoms with van der Waals surface area (Å²) in [6, 6.07) is 0. The lowest BCUT2D eigenvalue weighted by Gasteiger charge is -2.34. The molecule has 1 aliphatic rings. The molecule has 0 radical (unpaired) electrons. The minimum Gasteiger partial charge on any atom is -0.394 e. The lowest BCUT2D eigenvalue weighted by molar-refractivity contribution is -0.357. The first-order valence-electron chi connectivity index (χ1n) is 3.98. The van der Waals surface area contributed by atoms with Gasteiger partial charge in [-0.2, -0.15) is 0 Å². The lowest BCUT2D eigenvalue weighted by Crippen LogP contribution is -2.41. The van der Waals surface area contributed by atoms with E-state index in [9.17, 15) is 13.2 Å². The van der Waals surface area contributed by atoms with Gasteiger partial charge in [0.05, 0.1) is 25.4 Å². The first kappa shape index (κ1) is 10.7. The molecular formula is C7H11F3O3. The van der Waals surface area contributed by atoms with E-state index in [0.717, 1.165) is 0 Å². The van der Waals surface area contributed by atoms with Gasteiger partial charge in [0.15, 0.2) is 0 Å². The molecule has 1 N–H and O–H groups in total. The second-order valence-electron chi connectivity index (χ2n) is 2.87. The molecule has 1 aliphatic carbocycles. The van der Waals surface area contributed by atoms with Gasteiger partial charge < -0.3 is 9.84 Å². The van der Waals surface area contributed by atoms with E-state index < -0.39 is 12.5 Å². The van der Waals surface area contributed by atoms with Crippen LogP contribution in [0.15, 0.2) is 0 Å². The Hall–Kier alpha value is -0.330. The van der Waals surface area contributed by atoms with Gasteiger partial charge in [-0.15, -0.1) is 13.2 Å². The Labute approximate surface area is 73.4 Å². The number of hydrogen-bond donors (Lipinski definition) is 1. The lowest BCUT2D eigenvalue weighted by atomic mass is 9.92. The molecule has 0 atom stereocenters. The minimum absolute atomic E-state index is 0.110. The van der Waals surface area contributed by atoms with Crippen molar-refractivity contribution in [1.82, 2.24) is 0 Å². The zero-order valence-corrected chi connectivity index (χ0v) is 6.88. The number of alkyl halides is 3. The quantitative estimate of drug-likeness (QED) is 0.737. The van der Waals surface area contributed by atoms with E-state index in [1.54, 1.807) is 0 Å². The highest BCUT2D eigenvalue weighted by Crippen LogP contribution is 2.31. The van der Waals surface area contributed by atoms with Crippen molar-refractivity contribution in [2.24, 2.45) is 0 Å². The first-order valence-corrected chi connectivity index (χ1v) is 3.98. The summed E-state index contributed by atoms with van der Waals surface area (Å²) in [4.78, 5) is 0. The molecule has 0 aromatic rings. The number of halogens is 3. The van der Waals surface area contributed by atoms with E-state index in [2.05, 4.69) is 4.74 Å². The van der Waals surface area contributed by atoms with Crippen LogP contribution < -0.4 is 0 Å². The van der Waals surface area contributed by atoms with Crippen molar-refractivity contribution >= 4 is 0 Å². The summed E-state index contributed by atoms with van der Waals surface area (Å²) in [5.41, 5.74) is 0. The smallest absolute Gasteiger partial charge is 0.394 e. The fourth-order valence-electron chi connectivity index (χ4n) is 1.16. The van der Waals surface area contributed by atoms with Crippen LogP contribution in [0.4, 0.5) is 13.2 Å². The van der Waals surface area contributed by atoms with Gasteiger partial charge in [-0.05, 0) is 0 Å². The zero-order chi connectivity index (χ0) is 9.90. The third-order valence-electron chi connectivity index (χ3n) is 1.80. The predicted molar refractivity (Wildman–Crippen MR) is 37.0 cm³/mol. The number of aliphatic hydroxyl groups excluding tert-OH is 1. The zero-order valence-electron chi connectivity index (χ0n) is 6.88. The summed E-state index contributed by atoms with van der Waals surface area (Å²) in [6.45, 7) is 0.0602. The fourth-order valence-corrected chi connectivity index (χ4v) is 1.16. The van der Waals surface area contributed by atoms with Crippen LogP contribution in [0, 0.1) is 0 Å². The molecule has 1 fully saturated rings. The molecule has 0 aromatic heterocycles. The van der Waals surface area contributed by atoms with Gasteiger partial charge in [-0.25, -0.2) is 0 Å². The number of rotatable bonds is 4. The maximum Gasteiger partial charge on any atom is 0.522 e. The maximum atomic E-state index is 11.6. The average Bonchev–Trinajstić information content (AvgIpc) is 1.91. The van der Waals surface area contributed by atoms with Crippen molar-refractivity contribution in [3.05, 3.63) is 0 Å². The van der Waals surface area contributed by atoms with Gasteiger partial charge >= 0.3 is 6.36 Å². The van der Waals surface area contributed by atoms with Crippen molar-refractivity contribution in [3.8, 4) is 0 Å². The standard InChI is InChI=1S/C7H11F3O3/c8-7(9,10)13-6-3-5(4-6)12-2-1-11/h5-6,11H,1-4H2/t5-,6+. The van der Waals surface area contributed by atoms with Crippen LogP contribution in [0.2, 0.25) is 0 Å². The van der Waals surface area contributed by atoms with Gasteiger partial charge in [-0.3, -0.25) is 4.74 Å². The molecule has 0 aromatic carbocycles. The summed E-state index contributed by atoms with van der Waals surface area (Å²) in [5.74, 6) is 0.